The average Bonchev–Trinajstić information content (AvgIpc) is 2.84. The molecular weight excluding hydrogens is 337 g/mol. The zero-order valence-electron chi connectivity index (χ0n) is 13.7. The number of amides is 1. The van der Waals surface area contributed by atoms with Gasteiger partial charge in [-0.15, -0.1) is 11.3 Å². The summed E-state index contributed by atoms with van der Waals surface area (Å²) in [7, 11) is 0. The molecule has 1 aromatic carbocycles. The standard InChI is InChI=1S/C17H19F3N2OS/c1-10(2)8-14-22-11(3)15(24-14)16(23)21-9-12-4-6-13(7-5-12)17(18,19)20/h4-7,10H,8-9H2,1-3H3,(H,21,23). The topological polar surface area (TPSA) is 42.0 Å². The molecule has 24 heavy (non-hydrogen) atoms. The number of hydrogen-bond acceptors (Lipinski definition) is 3. The Bertz CT molecular complexity index is 706. The van der Waals surface area contributed by atoms with Crippen molar-refractivity contribution in [3.63, 3.8) is 0 Å². The quantitative estimate of drug-likeness (QED) is 0.851. The lowest BCUT2D eigenvalue weighted by Crippen LogP contribution is -2.22. The Hall–Kier alpha value is -1.89. The molecule has 1 heterocycles. The van der Waals surface area contributed by atoms with Crippen LogP contribution in [0.1, 0.15) is 45.3 Å². The van der Waals surface area contributed by atoms with Gasteiger partial charge in [-0.3, -0.25) is 4.79 Å². The van der Waals surface area contributed by atoms with E-state index < -0.39 is 11.7 Å². The first-order chi connectivity index (χ1) is 11.2. The zero-order valence-corrected chi connectivity index (χ0v) is 14.5. The number of halogens is 3. The second-order valence-corrected chi connectivity index (χ2v) is 7.08. The minimum Gasteiger partial charge on any atom is -0.347 e. The average molecular weight is 356 g/mol. The van der Waals surface area contributed by atoms with Crippen LogP contribution in [0.15, 0.2) is 24.3 Å². The Kier molecular flexibility index (Phi) is 5.64. The molecule has 0 bridgehead atoms. The summed E-state index contributed by atoms with van der Waals surface area (Å²) in [6.45, 7) is 6.13. The van der Waals surface area contributed by atoms with Crippen molar-refractivity contribution in [2.45, 2.75) is 39.9 Å². The van der Waals surface area contributed by atoms with Gasteiger partial charge in [0, 0.05) is 13.0 Å². The van der Waals surface area contributed by atoms with Gasteiger partial charge < -0.3 is 5.32 Å². The number of hydrogen-bond donors (Lipinski definition) is 1. The van der Waals surface area contributed by atoms with Crippen LogP contribution in [0.5, 0.6) is 0 Å². The molecule has 3 nitrogen and oxygen atoms in total. The van der Waals surface area contributed by atoms with Crippen molar-refractivity contribution >= 4 is 17.2 Å². The molecule has 0 aliphatic carbocycles. The van der Waals surface area contributed by atoms with Gasteiger partial charge in [-0.1, -0.05) is 26.0 Å². The monoisotopic (exact) mass is 356 g/mol. The second kappa shape index (κ2) is 7.34. The smallest absolute Gasteiger partial charge is 0.347 e. The Balaban J connectivity index is 1.99. The van der Waals surface area contributed by atoms with Crippen molar-refractivity contribution in [3.8, 4) is 0 Å². The summed E-state index contributed by atoms with van der Waals surface area (Å²) in [6.07, 6.45) is -3.54. The number of rotatable bonds is 5. The fraction of sp³-hybridized carbons (Fsp3) is 0.412. The van der Waals surface area contributed by atoms with Crippen LogP contribution in [0.3, 0.4) is 0 Å². The fourth-order valence-corrected chi connectivity index (χ4v) is 3.37. The van der Waals surface area contributed by atoms with E-state index in [2.05, 4.69) is 24.1 Å². The minimum absolute atomic E-state index is 0.174. The Morgan fingerprint density at radius 1 is 1.25 bits per heavy atom. The maximum atomic E-state index is 12.5. The number of aromatic nitrogens is 1. The molecule has 0 atom stereocenters. The van der Waals surface area contributed by atoms with E-state index in [0.29, 0.717) is 22.1 Å². The number of nitrogens with one attached hydrogen (secondary N) is 1. The lowest BCUT2D eigenvalue weighted by Gasteiger charge is -2.08. The van der Waals surface area contributed by atoms with Gasteiger partial charge >= 0.3 is 6.18 Å². The van der Waals surface area contributed by atoms with Gasteiger partial charge in [0.05, 0.1) is 16.3 Å². The summed E-state index contributed by atoms with van der Waals surface area (Å²) < 4.78 is 37.6. The van der Waals surface area contributed by atoms with Gasteiger partial charge in [-0.05, 0) is 30.5 Å². The predicted octanol–water partition coefficient (Wildman–Crippen LogP) is 4.60. The third-order valence-electron chi connectivity index (χ3n) is 3.36. The summed E-state index contributed by atoms with van der Waals surface area (Å²) in [5, 5.41) is 3.65. The molecule has 7 heteroatoms. The molecule has 0 unspecified atom stereocenters. The van der Waals surface area contributed by atoms with Crippen LogP contribution < -0.4 is 5.32 Å². The molecule has 0 saturated heterocycles. The summed E-state index contributed by atoms with van der Waals surface area (Å²) >= 11 is 1.36. The van der Waals surface area contributed by atoms with Gasteiger partial charge in [-0.2, -0.15) is 13.2 Å². The van der Waals surface area contributed by atoms with Crippen LogP contribution >= 0.6 is 11.3 Å². The third-order valence-corrected chi connectivity index (χ3v) is 4.54. The van der Waals surface area contributed by atoms with E-state index >= 15 is 0 Å². The molecule has 0 aliphatic rings. The molecular formula is C17H19F3N2OS. The van der Waals surface area contributed by atoms with E-state index in [4.69, 9.17) is 0 Å². The Morgan fingerprint density at radius 3 is 2.42 bits per heavy atom. The van der Waals surface area contributed by atoms with Crippen molar-refractivity contribution in [1.29, 1.82) is 0 Å². The summed E-state index contributed by atoms with van der Waals surface area (Å²) in [5.74, 6) is 0.207. The highest BCUT2D eigenvalue weighted by Gasteiger charge is 2.29. The fourth-order valence-electron chi connectivity index (χ4n) is 2.17. The molecule has 2 aromatic rings. The molecule has 0 spiro atoms. The van der Waals surface area contributed by atoms with Crippen LogP contribution in [-0.2, 0) is 19.1 Å². The van der Waals surface area contributed by atoms with Crippen molar-refractivity contribution in [2.24, 2.45) is 5.92 Å². The van der Waals surface area contributed by atoms with Crippen molar-refractivity contribution in [2.75, 3.05) is 0 Å². The molecule has 2 rings (SSSR count). The molecule has 1 amide bonds. The zero-order chi connectivity index (χ0) is 17.9. The minimum atomic E-state index is -4.35. The van der Waals surface area contributed by atoms with E-state index in [0.717, 1.165) is 23.6 Å². The van der Waals surface area contributed by atoms with Crippen molar-refractivity contribution < 1.29 is 18.0 Å². The molecule has 1 aromatic heterocycles. The highest BCUT2D eigenvalue weighted by molar-refractivity contribution is 7.13. The first kappa shape index (κ1) is 18.4. The Labute approximate surface area is 142 Å². The van der Waals surface area contributed by atoms with Gasteiger partial charge in [0.15, 0.2) is 0 Å². The molecule has 0 saturated carbocycles. The third kappa shape index (κ3) is 4.80. The highest BCUT2D eigenvalue weighted by Crippen LogP contribution is 2.29. The SMILES string of the molecule is Cc1nc(CC(C)C)sc1C(=O)NCc1ccc(C(F)(F)F)cc1. The second-order valence-electron chi connectivity index (χ2n) is 6.00. The van der Waals surface area contributed by atoms with Crippen LogP contribution in [-0.4, -0.2) is 10.9 Å². The highest BCUT2D eigenvalue weighted by atomic mass is 32.1. The number of alkyl halides is 3. The van der Waals surface area contributed by atoms with Gasteiger partial charge in [0.1, 0.15) is 4.88 Å². The maximum absolute atomic E-state index is 12.5. The Morgan fingerprint density at radius 2 is 1.88 bits per heavy atom. The van der Waals surface area contributed by atoms with Crippen LogP contribution in [0, 0.1) is 12.8 Å². The number of aryl methyl sites for hydroxylation is 1. The molecule has 0 radical (unpaired) electrons. The van der Waals surface area contributed by atoms with Gasteiger partial charge in [0.25, 0.3) is 5.91 Å². The maximum Gasteiger partial charge on any atom is 0.416 e. The van der Waals surface area contributed by atoms with Crippen LogP contribution in [0.2, 0.25) is 0 Å². The van der Waals surface area contributed by atoms with E-state index in [-0.39, 0.29) is 12.5 Å². The number of carbonyl (C=O) groups is 1. The van der Waals surface area contributed by atoms with E-state index in [1.807, 2.05) is 0 Å². The van der Waals surface area contributed by atoms with Crippen LogP contribution in [0.4, 0.5) is 13.2 Å². The first-order valence-corrected chi connectivity index (χ1v) is 8.39. The number of benzene rings is 1. The van der Waals surface area contributed by atoms with E-state index in [9.17, 15) is 18.0 Å². The number of nitrogens with zero attached hydrogens (tertiary/aromatic N) is 1. The number of carbonyl (C=O) groups excluding carboxylic acids is 1. The molecule has 0 aliphatic heterocycles. The van der Waals surface area contributed by atoms with Crippen molar-refractivity contribution in [3.05, 3.63) is 51.0 Å². The van der Waals surface area contributed by atoms with Gasteiger partial charge in [0.2, 0.25) is 0 Å². The lowest BCUT2D eigenvalue weighted by atomic mass is 10.1. The molecule has 130 valence electrons. The molecule has 0 fully saturated rings. The normalized spacial score (nSPS) is 11.8. The summed E-state index contributed by atoms with van der Waals surface area (Å²) in [5.41, 5.74) is 0.593. The summed E-state index contributed by atoms with van der Waals surface area (Å²) in [4.78, 5) is 17.2. The van der Waals surface area contributed by atoms with Gasteiger partial charge in [-0.25, -0.2) is 4.98 Å². The van der Waals surface area contributed by atoms with E-state index in [1.165, 1.54) is 23.5 Å². The first-order valence-electron chi connectivity index (χ1n) is 7.57. The lowest BCUT2D eigenvalue weighted by molar-refractivity contribution is -0.137. The number of thiazole rings is 1. The molecule has 1 N–H and O–H groups in total. The summed E-state index contributed by atoms with van der Waals surface area (Å²) in [6, 6.07) is 4.76. The van der Waals surface area contributed by atoms with Crippen molar-refractivity contribution in [1.82, 2.24) is 10.3 Å². The predicted molar refractivity (Wildman–Crippen MR) is 88.0 cm³/mol. The van der Waals surface area contributed by atoms with Crippen LogP contribution in [0.25, 0.3) is 0 Å². The van der Waals surface area contributed by atoms with E-state index in [1.54, 1.807) is 6.92 Å². The largest absolute Gasteiger partial charge is 0.416 e.